The van der Waals surface area contributed by atoms with E-state index in [2.05, 4.69) is 15.3 Å². The molecule has 0 fully saturated rings. The van der Waals surface area contributed by atoms with Gasteiger partial charge in [0.2, 0.25) is 4.77 Å². The number of rotatable bonds is 7. The Hall–Kier alpha value is -3.33. The Morgan fingerprint density at radius 1 is 1.14 bits per heavy atom. The van der Waals surface area contributed by atoms with Crippen LogP contribution in [0.2, 0.25) is 0 Å². The van der Waals surface area contributed by atoms with Crippen LogP contribution in [0.1, 0.15) is 12.5 Å². The highest BCUT2D eigenvalue weighted by Gasteiger charge is 2.12. The van der Waals surface area contributed by atoms with E-state index in [-0.39, 0.29) is 5.75 Å². The summed E-state index contributed by atoms with van der Waals surface area (Å²) in [5.74, 6) is 2.17. The zero-order valence-corrected chi connectivity index (χ0v) is 16.5. The summed E-state index contributed by atoms with van der Waals surface area (Å²) in [5, 5.41) is 21.3. The van der Waals surface area contributed by atoms with Crippen LogP contribution in [0.25, 0.3) is 11.4 Å². The maximum atomic E-state index is 9.82. The molecule has 0 aliphatic rings. The van der Waals surface area contributed by atoms with Crippen molar-refractivity contribution in [1.29, 1.82) is 0 Å². The number of aromatic amines is 1. The van der Waals surface area contributed by atoms with E-state index in [4.69, 9.17) is 26.4 Å². The summed E-state index contributed by atoms with van der Waals surface area (Å²) in [5.41, 5.74) is 1.49. The highest BCUT2D eigenvalue weighted by atomic mass is 32.1. The van der Waals surface area contributed by atoms with Crippen LogP contribution in [0.5, 0.6) is 23.0 Å². The van der Waals surface area contributed by atoms with Crippen LogP contribution in [-0.4, -0.2) is 47.0 Å². The minimum absolute atomic E-state index is 0.0740. The molecule has 3 rings (SSSR count). The van der Waals surface area contributed by atoms with Crippen LogP contribution < -0.4 is 14.2 Å². The standard InChI is InChI=1S/C19H20N4O4S/c1-4-27-16-9-12(5-7-14(16)24)11-20-23-18(21-22-19(23)28)13-6-8-15(25-2)17(10-13)26-3/h5-11,24H,4H2,1-3H3,(H,22,28). The van der Waals surface area contributed by atoms with Crippen molar-refractivity contribution in [3.63, 3.8) is 0 Å². The van der Waals surface area contributed by atoms with Crippen molar-refractivity contribution in [1.82, 2.24) is 14.9 Å². The molecule has 0 aliphatic carbocycles. The van der Waals surface area contributed by atoms with E-state index in [1.807, 2.05) is 13.0 Å². The SMILES string of the molecule is CCOc1cc(C=Nn2c(-c3ccc(OC)c(OC)c3)n[nH]c2=S)ccc1O. The topological polar surface area (TPSA) is 93.9 Å². The molecule has 9 heteroatoms. The van der Waals surface area contributed by atoms with Gasteiger partial charge in [-0.2, -0.15) is 14.9 Å². The van der Waals surface area contributed by atoms with Gasteiger partial charge < -0.3 is 19.3 Å². The first-order valence-electron chi connectivity index (χ1n) is 8.47. The van der Waals surface area contributed by atoms with Gasteiger partial charge in [0.1, 0.15) is 0 Å². The highest BCUT2D eigenvalue weighted by molar-refractivity contribution is 7.71. The van der Waals surface area contributed by atoms with Crippen molar-refractivity contribution in [3.8, 4) is 34.4 Å². The lowest BCUT2D eigenvalue weighted by Crippen LogP contribution is -1.97. The second-order valence-corrected chi connectivity index (χ2v) is 6.03. The Bertz CT molecular complexity index is 1060. The molecule has 2 N–H and O–H groups in total. The van der Waals surface area contributed by atoms with Gasteiger partial charge in [-0.05, 0) is 61.1 Å². The number of hydrogen-bond acceptors (Lipinski definition) is 7. The van der Waals surface area contributed by atoms with E-state index in [0.29, 0.717) is 34.5 Å². The molecule has 2 aromatic carbocycles. The van der Waals surface area contributed by atoms with Gasteiger partial charge in [0.25, 0.3) is 0 Å². The maximum absolute atomic E-state index is 9.82. The van der Waals surface area contributed by atoms with Gasteiger partial charge in [0.15, 0.2) is 28.8 Å². The Kier molecular flexibility index (Phi) is 5.95. The monoisotopic (exact) mass is 400 g/mol. The molecule has 0 saturated heterocycles. The van der Waals surface area contributed by atoms with Crippen molar-refractivity contribution in [2.45, 2.75) is 6.92 Å². The Morgan fingerprint density at radius 3 is 2.64 bits per heavy atom. The number of phenolic OH excluding ortho intramolecular Hbond substituents is 1. The number of methoxy groups -OCH3 is 2. The van der Waals surface area contributed by atoms with Crippen molar-refractivity contribution in [3.05, 3.63) is 46.7 Å². The summed E-state index contributed by atoms with van der Waals surface area (Å²) >= 11 is 5.30. The average molecular weight is 400 g/mol. The number of H-pyrrole nitrogens is 1. The fourth-order valence-corrected chi connectivity index (χ4v) is 2.75. The minimum Gasteiger partial charge on any atom is -0.504 e. The van der Waals surface area contributed by atoms with E-state index < -0.39 is 0 Å². The number of aromatic hydroxyl groups is 1. The van der Waals surface area contributed by atoms with E-state index in [1.54, 1.807) is 50.8 Å². The summed E-state index contributed by atoms with van der Waals surface area (Å²) in [6.07, 6.45) is 1.61. The largest absolute Gasteiger partial charge is 0.504 e. The smallest absolute Gasteiger partial charge is 0.216 e. The van der Waals surface area contributed by atoms with E-state index in [9.17, 15) is 5.11 Å². The lowest BCUT2D eigenvalue weighted by atomic mass is 10.2. The number of benzene rings is 2. The lowest BCUT2D eigenvalue weighted by Gasteiger charge is -2.09. The molecule has 0 aliphatic heterocycles. The van der Waals surface area contributed by atoms with Crippen molar-refractivity contribution >= 4 is 18.4 Å². The fraction of sp³-hybridized carbons (Fsp3) is 0.211. The third-order valence-electron chi connectivity index (χ3n) is 3.90. The number of hydrogen-bond donors (Lipinski definition) is 2. The maximum Gasteiger partial charge on any atom is 0.216 e. The molecule has 0 bridgehead atoms. The molecular formula is C19H20N4O4S. The highest BCUT2D eigenvalue weighted by Crippen LogP contribution is 2.31. The van der Waals surface area contributed by atoms with Crippen molar-refractivity contribution in [2.75, 3.05) is 20.8 Å². The van der Waals surface area contributed by atoms with Crippen LogP contribution in [0, 0.1) is 4.77 Å². The molecule has 8 nitrogen and oxygen atoms in total. The summed E-state index contributed by atoms with van der Waals surface area (Å²) < 4.78 is 17.9. The molecule has 1 heterocycles. The first-order valence-corrected chi connectivity index (χ1v) is 8.88. The second kappa shape index (κ2) is 8.57. The van der Waals surface area contributed by atoms with Crippen LogP contribution >= 0.6 is 12.2 Å². The molecular weight excluding hydrogens is 380 g/mol. The third kappa shape index (κ3) is 3.99. The van der Waals surface area contributed by atoms with Gasteiger partial charge in [-0.25, -0.2) is 5.10 Å². The summed E-state index contributed by atoms with van der Waals surface area (Å²) in [6.45, 7) is 2.30. The van der Waals surface area contributed by atoms with E-state index in [0.717, 1.165) is 11.1 Å². The number of ether oxygens (including phenoxy) is 3. The van der Waals surface area contributed by atoms with Gasteiger partial charge >= 0.3 is 0 Å². The molecule has 0 unspecified atom stereocenters. The number of nitrogens with one attached hydrogen (secondary N) is 1. The number of phenols is 1. The molecule has 0 atom stereocenters. The molecule has 0 radical (unpaired) electrons. The van der Waals surface area contributed by atoms with Crippen LogP contribution in [0.4, 0.5) is 0 Å². The molecule has 0 saturated carbocycles. The van der Waals surface area contributed by atoms with Crippen LogP contribution in [-0.2, 0) is 0 Å². The number of nitrogens with zero attached hydrogens (tertiary/aromatic N) is 3. The van der Waals surface area contributed by atoms with Gasteiger partial charge in [-0.15, -0.1) is 0 Å². The van der Waals surface area contributed by atoms with E-state index in [1.165, 1.54) is 4.68 Å². The minimum atomic E-state index is 0.0740. The first-order chi connectivity index (χ1) is 13.6. The average Bonchev–Trinajstić information content (AvgIpc) is 3.08. The van der Waals surface area contributed by atoms with Crippen LogP contribution in [0.3, 0.4) is 0 Å². The molecule has 1 aromatic heterocycles. The Labute approximate surface area is 167 Å². The van der Waals surface area contributed by atoms with Crippen molar-refractivity contribution in [2.24, 2.45) is 5.10 Å². The second-order valence-electron chi connectivity index (χ2n) is 5.64. The van der Waals surface area contributed by atoms with Gasteiger partial charge in [-0.1, -0.05) is 0 Å². The van der Waals surface area contributed by atoms with Gasteiger partial charge in [-0.3, -0.25) is 0 Å². The molecule has 0 spiro atoms. The third-order valence-corrected chi connectivity index (χ3v) is 4.16. The quantitative estimate of drug-likeness (QED) is 0.465. The summed E-state index contributed by atoms with van der Waals surface area (Å²) in [7, 11) is 3.14. The molecule has 0 amide bonds. The number of aromatic nitrogens is 3. The predicted molar refractivity (Wildman–Crippen MR) is 108 cm³/mol. The summed E-state index contributed by atoms with van der Waals surface area (Å²) in [6, 6.07) is 10.4. The normalized spacial score (nSPS) is 11.0. The van der Waals surface area contributed by atoms with Crippen molar-refractivity contribution < 1.29 is 19.3 Å². The Balaban J connectivity index is 1.97. The zero-order chi connectivity index (χ0) is 20.1. The fourth-order valence-electron chi connectivity index (χ4n) is 2.57. The summed E-state index contributed by atoms with van der Waals surface area (Å²) in [4.78, 5) is 0. The predicted octanol–water partition coefficient (Wildman–Crippen LogP) is 3.61. The zero-order valence-electron chi connectivity index (χ0n) is 15.7. The first kappa shape index (κ1) is 19.4. The Morgan fingerprint density at radius 2 is 1.93 bits per heavy atom. The van der Waals surface area contributed by atoms with E-state index >= 15 is 0 Å². The molecule has 3 aromatic rings. The molecule has 28 heavy (non-hydrogen) atoms. The van der Waals surface area contributed by atoms with Crippen LogP contribution in [0.15, 0.2) is 41.5 Å². The molecule has 146 valence electrons. The lowest BCUT2D eigenvalue weighted by molar-refractivity contribution is 0.318. The van der Waals surface area contributed by atoms with Gasteiger partial charge in [0, 0.05) is 5.56 Å². The van der Waals surface area contributed by atoms with Gasteiger partial charge in [0.05, 0.1) is 27.0 Å².